The number of pyridine rings is 1. The maximum atomic E-state index is 5.44. The maximum absolute atomic E-state index is 5.44. The summed E-state index contributed by atoms with van der Waals surface area (Å²) in [7, 11) is 2.18. The first-order valence-electron chi connectivity index (χ1n) is 8.94. The highest BCUT2D eigenvalue weighted by atomic mass is 16.5. The van der Waals surface area contributed by atoms with E-state index in [-0.39, 0.29) is 0 Å². The van der Waals surface area contributed by atoms with Gasteiger partial charge in [-0.1, -0.05) is 0 Å². The summed E-state index contributed by atoms with van der Waals surface area (Å²) in [6, 6.07) is 4.80. The van der Waals surface area contributed by atoms with E-state index in [1.807, 2.05) is 6.20 Å². The van der Waals surface area contributed by atoms with Crippen molar-refractivity contribution in [3.8, 4) is 0 Å². The first-order chi connectivity index (χ1) is 11.2. The molecule has 2 fully saturated rings. The Labute approximate surface area is 140 Å². The number of piperazine rings is 1. The van der Waals surface area contributed by atoms with Crippen LogP contribution in [0.5, 0.6) is 0 Å². The molecule has 2 saturated heterocycles. The van der Waals surface area contributed by atoms with Crippen LogP contribution in [0.15, 0.2) is 18.3 Å². The minimum Gasteiger partial charge on any atom is -0.381 e. The Morgan fingerprint density at radius 1 is 1.22 bits per heavy atom. The molecule has 0 aliphatic carbocycles. The summed E-state index contributed by atoms with van der Waals surface area (Å²) >= 11 is 0. The van der Waals surface area contributed by atoms with Crippen molar-refractivity contribution in [3.63, 3.8) is 0 Å². The van der Waals surface area contributed by atoms with Gasteiger partial charge < -0.3 is 19.9 Å². The number of rotatable bonds is 5. The van der Waals surface area contributed by atoms with E-state index >= 15 is 0 Å². The molecule has 1 aromatic heterocycles. The van der Waals surface area contributed by atoms with E-state index in [4.69, 9.17) is 4.74 Å². The number of aromatic nitrogens is 1. The van der Waals surface area contributed by atoms with Crippen molar-refractivity contribution >= 4 is 11.5 Å². The van der Waals surface area contributed by atoms with Crippen molar-refractivity contribution in [1.29, 1.82) is 0 Å². The van der Waals surface area contributed by atoms with Gasteiger partial charge in [0, 0.05) is 45.4 Å². The van der Waals surface area contributed by atoms with Crippen LogP contribution in [0.3, 0.4) is 0 Å². The van der Waals surface area contributed by atoms with Crippen LogP contribution in [-0.2, 0) is 4.74 Å². The summed E-state index contributed by atoms with van der Waals surface area (Å²) in [6.07, 6.45) is 5.59. The van der Waals surface area contributed by atoms with Crippen LogP contribution in [-0.4, -0.2) is 62.4 Å². The van der Waals surface area contributed by atoms with Gasteiger partial charge in [0.15, 0.2) is 0 Å². The van der Waals surface area contributed by atoms with Crippen LogP contribution in [0, 0.1) is 5.92 Å². The molecule has 0 amide bonds. The van der Waals surface area contributed by atoms with E-state index in [9.17, 15) is 0 Å². The normalized spacial score (nSPS) is 22.1. The van der Waals surface area contributed by atoms with Crippen molar-refractivity contribution in [2.75, 3.05) is 56.7 Å². The van der Waals surface area contributed by atoms with Crippen LogP contribution < -0.4 is 10.2 Å². The molecule has 0 saturated carbocycles. The highest BCUT2D eigenvalue weighted by Crippen LogP contribution is 2.22. The smallest absolute Gasteiger partial charge is 0.128 e. The minimum atomic E-state index is 0.481. The van der Waals surface area contributed by atoms with Gasteiger partial charge in [-0.05, 0) is 51.3 Å². The second-order valence-electron chi connectivity index (χ2n) is 7.03. The summed E-state index contributed by atoms with van der Waals surface area (Å²) in [5.41, 5.74) is 1.13. The molecule has 0 bridgehead atoms. The molecule has 3 rings (SSSR count). The molecule has 2 aliphatic heterocycles. The Bertz CT molecular complexity index is 464. The van der Waals surface area contributed by atoms with E-state index in [1.165, 1.54) is 19.3 Å². The summed E-state index contributed by atoms with van der Waals surface area (Å²) in [5.74, 6) is 1.89. The van der Waals surface area contributed by atoms with Gasteiger partial charge >= 0.3 is 0 Å². The number of nitrogens with zero attached hydrogens (tertiary/aromatic N) is 3. The largest absolute Gasteiger partial charge is 0.381 e. The van der Waals surface area contributed by atoms with Crippen LogP contribution >= 0.6 is 0 Å². The van der Waals surface area contributed by atoms with Crippen LogP contribution in [0.2, 0.25) is 0 Å². The number of anilines is 2. The lowest BCUT2D eigenvalue weighted by Gasteiger charge is -2.33. The third kappa shape index (κ3) is 4.82. The van der Waals surface area contributed by atoms with Gasteiger partial charge in [0.1, 0.15) is 5.82 Å². The molecule has 128 valence electrons. The number of ether oxygens (including phenoxy) is 1. The van der Waals surface area contributed by atoms with E-state index in [0.717, 1.165) is 56.8 Å². The highest BCUT2D eigenvalue weighted by Gasteiger charge is 2.17. The van der Waals surface area contributed by atoms with Gasteiger partial charge in [0.25, 0.3) is 0 Å². The quantitative estimate of drug-likeness (QED) is 0.903. The zero-order valence-corrected chi connectivity index (χ0v) is 14.5. The van der Waals surface area contributed by atoms with Gasteiger partial charge in [-0.2, -0.15) is 0 Å². The molecule has 5 heteroatoms. The fourth-order valence-corrected chi connectivity index (χ4v) is 3.52. The molecule has 0 radical (unpaired) electrons. The Morgan fingerprint density at radius 2 is 1.96 bits per heavy atom. The predicted molar refractivity (Wildman–Crippen MR) is 95.2 cm³/mol. The molecule has 1 N–H and O–H groups in total. The first-order valence-corrected chi connectivity index (χ1v) is 8.94. The number of nitrogens with one attached hydrogen (secondary N) is 1. The van der Waals surface area contributed by atoms with Gasteiger partial charge in [-0.25, -0.2) is 4.98 Å². The zero-order chi connectivity index (χ0) is 16.1. The van der Waals surface area contributed by atoms with Crippen molar-refractivity contribution < 1.29 is 4.74 Å². The van der Waals surface area contributed by atoms with Crippen LogP contribution in [0.4, 0.5) is 11.5 Å². The van der Waals surface area contributed by atoms with Gasteiger partial charge in [0.2, 0.25) is 0 Å². The molecule has 23 heavy (non-hydrogen) atoms. The van der Waals surface area contributed by atoms with E-state index in [1.54, 1.807) is 0 Å². The van der Waals surface area contributed by atoms with E-state index in [0.29, 0.717) is 6.04 Å². The van der Waals surface area contributed by atoms with Crippen molar-refractivity contribution in [2.24, 2.45) is 5.92 Å². The lowest BCUT2D eigenvalue weighted by atomic mass is 9.93. The van der Waals surface area contributed by atoms with Gasteiger partial charge in [-0.3, -0.25) is 0 Å². The fraction of sp³-hybridized carbons (Fsp3) is 0.722. The predicted octanol–water partition coefficient (Wildman–Crippen LogP) is 2.45. The zero-order valence-electron chi connectivity index (χ0n) is 14.5. The summed E-state index contributed by atoms with van der Waals surface area (Å²) in [5, 5.41) is 3.60. The maximum Gasteiger partial charge on any atom is 0.128 e. The number of likely N-dealkylation sites (N-methyl/N-ethyl adjacent to an activating group) is 1. The molecule has 0 spiro atoms. The van der Waals surface area contributed by atoms with Gasteiger partial charge in [-0.15, -0.1) is 0 Å². The van der Waals surface area contributed by atoms with Gasteiger partial charge in [0.05, 0.1) is 11.9 Å². The lowest BCUT2D eigenvalue weighted by molar-refractivity contribution is 0.0629. The third-order valence-corrected chi connectivity index (χ3v) is 5.02. The SMILES string of the molecule is C[C@H](CC1CCOCC1)Nc1ccc(N2CCN(C)CC2)nc1. The molecule has 0 unspecified atom stereocenters. The first kappa shape index (κ1) is 16.5. The molecule has 1 atom stereocenters. The molecular formula is C18H30N4O. The monoisotopic (exact) mass is 318 g/mol. The lowest BCUT2D eigenvalue weighted by Crippen LogP contribution is -2.44. The third-order valence-electron chi connectivity index (χ3n) is 5.02. The average molecular weight is 318 g/mol. The Balaban J connectivity index is 1.48. The summed E-state index contributed by atoms with van der Waals surface area (Å²) < 4.78 is 5.44. The molecular weight excluding hydrogens is 288 g/mol. The standard InChI is InChI=1S/C18H30N4O/c1-15(13-16-5-11-23-12-6-16)20-17-3-4-18(19-14-17)22-9-7-21(2)8-10-22/h3-4,14-16,20H,5-13H2,1-2H3/t15-/m1/s1. The van der Waals surface area contributed by atoms with Crippen LogP contribution in [0.1, 0.15) is 26.2 Å². The van der Waals surface area contributed by atoms with Crippen molar-refractivity contribution in [3.05, 3.63) is 18.3 Å². The Kier molecular flexibility index (Phi) is 5.73. The topological polar surface area (TPSA) is 40.6 Å². The molecule has 2 aliphatic rings. The Morgan fingerprint density at radius 3 is 2.61 bits per heavy atom. The number of hydrogen-bond acceptors (Lipinski definition) is 5. The second-order valence-corrected chi connectivity index (χ2v) is 7.03. The average Bonchev–Trinajstić information content (AvgIpc) is 2.57. The minimum absolute atomic E-state index is 0.481. The van der Waals surface area contributed by atoms with Crippen molar-refractivity contribution in [1.82, 2.24) is 9.88 Å². The fourth-order valence-electron chi connectivity index (χ4n) is 3.52. The van der Waals surface area contributed by atoms with Crippen molar-refractivity contribution in [2.45, 2.75) is 32.2 Å². The summed E-state index contributed by atoms with van der Waals surface area (Å²) in [4.78, 5) is 9.39. The van der Waals surface area contributed by atoms with E-state index < -0.39 is 0 Å². The summed E-state index contributed by atoms with van der Waals surface area (Å²) in [6.45, 7) is 8.49. The van der Waals surface area contributed by atoms with E-state index in [2.05, 4.69) is 46.2 Å². The second kappa shape index (κ2) is 7.97. The molecule has 0 aromatic carbocycles. The molecule has 5 nitrogen and oxygen atoms in total. The molecule has 3 heterocycles. The Hall–Kier alpha value is -1.33. The van der Waals surface area contributed by atoms with Crippen LogP contribution in [0.25, 0.3) is 0 Å². The molecule has 1 aromatic rings. The number of hydrogen-bond donors (Lipinski definition) is 1. The highest BCUT2D eigenvalue weighted by molar-refractivity contribution is 5.49.